The molecule has 0 aliphatic rings. The summed E-state index contributed by atoms with van der Waals surface area (Å²) < 4.78 is 0. The summed E-state index contributed by atoms with van der Waals surface area (Å²) in [4.78, 5) is 14.3. The van der Waals surface area contributed by atoms with E-state index in [1.165, 1.54) is 5.39 Å². The Morgan fingerprint density at radius 1 is 1.15 bits per heavy atom. The van der Waals surface area contributed by atoms with Crippen LogP contribution in [0.4, 0.5) is 0 Å². The zero-order valence-electron chi connectivity index (χ0n) is 11.8. The Balaban J connectivity index is 2.17. The molecule has 0 aliphatic carbocycles. The second-order valence-corrected chi connectivity index (χ2v) is 5.21. The summed E-state index contributed by atoms with van der Waals surface area (Å²) in [6.07, 6.45) is 1.30. The topological polar surface area (TPSA) is 20.3 Å². The first-order valence-electron chi connectivity index (χ1n) is 7.06. The minimum Gasteiger partial charge on any atom is -0.343 e. The molecule has 0 spiro atoms. The van der Waals surface area contributed by atoms with Crippen molar-refractivity contribution in [3.63, 3.8) is 0 Å². The van der Waals surface area contributed by atoms with Gasteiger partial charge in [-0.2, -0.15) is 0 Å². The number of benzene rings is 2. The van der Waals surface area contributed by atoms with Gasteiger partial charge in [0.15, 0.2) is 0 Å². The fraction of sp³-hybridized carbons (Fsp3) is 0.353. The Bertz CT molecular complexity index is 577. The Morgan fingerprint density at radius 2 is 1.90 bits per heavy atom. The second-order valence-electron chi connectivity index (χ2n) is 4.83. The molecule has 1 amide bonds. The lowest BCUT2D eigenvalue weighted by molar-refractivity contribution is -0.130. The molecule has 0 N–H and O–H groups in total. The predicted molar refractivity (Wildman–Crippen MR) is 85.2 cm³/mol. The van der Waals surface area contributed by atoms with E-state index in [1.54, 1.807) is 0 Å². The van der Waals surface area contributed by atoms with Gasteiger partial charge >= 0.3 is 0 Å². The molecule has 2 aromatic rings. The standard InChI is InChI=1S/C17H20ClNO/c1-2-19(12-6-11-18)17(20)13-15-9-5-8-14-7-3-4-10-16(14)15/h3-5,7-10H,2,6,11-13H2,1H3. The maximum atomic E-state index is 12.4. The Kier molecular flexibility index (Phi) is 5.42. The lowest BCUT2D eigenvalue weighted by Gasteiger charge is -2.20. The van der Waals surface area contributed by atoms with Gasteiger partial charge in [0.25, 0.3) is 0 Å². The van der Waals surface area contributed by atoms with Gasteiger partial charge in [-0.3, -0.25) is 4.79 Å². The fourth-order valence-electron chi connectivity index (χ4n) is 2.43. The van der Waals surface area contributed by atoms with Crippen LogP contribution in [0.15, 0.2) is 42.5 Å². The minimum absolute atomic E-state index is 0.175. The highest BCUT2D eigenvalue weighted by Gasteiger charge is 2.13. The van der Waals surface area contributed by atoms with E-state index in [2.05, 4.69) is 18.2 Å². The molecule has 0 unspecified atom stereocenters. The lowest BCUT2D eigenvalue weighted by atomic mass is 10.0. The Hall–Kier alpha value is -1.54. The van der Waals surface area contributed by atoms with Crippen molar-refractivity contribution >= 4 is 28.3 Å². The summed E-state index contributed by atoms with van der Waals surface area (Å²) in [5.41, 5.74) is 1.09. The zero-order chi connectivity index (χ0) is 14.4. The van der Waals surface area contributed by atoms with Gasteiger partial charge in [-0.25, -0.2) is 0 Å². The first kappa shape index (κ1) is 14.9. The zero-order valence-corrected chi connectivity index (χ0v) is 12.6. The van der Waals surface area contributed by atoms with Crippen LogP contribution in [-0.4, -0.2) is 29.8 Å². The van der Waals surface area contributed by atoms with E-state index in [1.807, 2.05) is 36.1 Å². The van der Waals surface area contributed by atoms with Crippen molar-refractivity contribution in [2.24, 2.45) is 0 Å². The molecule has 0 aromatic heterocycles. The summed E-state index contributed by atoms with van der Waals surface area (Å²) in [7, 11) is 0. The molecular formula is C17H20ClNO. The van der Waals surface area contributed by atoms with E-state index >= 15 is 0 Å². The molecule has 0 heterocycles. The van der Waals surface area contributed by atoms with Crippen LogP contribution in [0.2, 0.25) is 0 Å². The number of carbonyl (C=O) groups excluding carboxylic acids is 1. The molecule has 0 aliphatic heterocycles. The van der Waals surface area contributed by atoms with Crippen molar-refractivity contribution in [2.45, 2.75) is 19.8 Å². The molecular weight excluding hydrogens is 270 g/mol. The maximum absolute atomic E-state index is 12.4. The van der Waals surface area contributed by atoms with E-state index in [0.29, 0.717) is 12.3 Å². The number of fused-ring (bicyclic) bond motifs is 1. The summed E-state index contributed by atoms with van der Waals surface area (Å²) >= 11 is 5.71. The third-order valence-electron chi connectivity index (χ3n) is 3.52. The molecule has 3 heteroatoms. The first-order chi connectivity index (χ1) is 9.76. The quantitative estimate of drug-likeness (QED) is 0.740. The monoisotopic (exact) mass is 289 g/mol. The minimum atomic E-state index is 0.175. The van der Waals surface area contributed by atoms with Crippen molar-refractivity contribution in [2.75, 3.05) is 19.0 Å². The average molecular weight is 290 g/mol. The molecule has 0 bridgehead atoms. The highest BCUT2D eigenvalue weighted by molar-refractivity contribution is 6.17. The van der Waals surface area contributed by atoms with E-state index in [4.69, 9.17) is 11.6 Å². The van der Waals surface area contributed by atoms with Crippen molar-refractivity contribution < 1.29 is 4.79 Å². The van der Waals surface area contributed by atoms with Gasteiger partial charge in [-0.1, -0.05) is 42.5 Å². The van der Waals surface area contributed by atoms with Gasteiger partial charge in [0.05, 0.1) is 6.42 Å². The van der Waals surface area contributed by atoms with Gasteiger partial charge in [0, 0.05) is 19.0 Å². The van der Waals surface area contributed by atoms with Crippen LogP contribution in [0, 0.1) is 0 Å². The summed E-state index contributed by atoms with van der Waals surface area (Å²) in [6.45, 7) is 3.49. The van der Waals surface area contributed by atoms with Crippen LogP contribution in [0.1, 0.15) is 18.9 Å². The van der Waals surface area contributed by atoms with Crippen LogP contribution in [-0.2, 0) is 11.2 Å². The number of carbonyl (C=O) groups is 1. The van der Waals surface area contributed by atoms with Crippen LogP contribution in [0.25, 0.3) is 10.8 Å². The molecule has 0 radical (unpaired) electrons. The van der Waals surface area contributed by atoms with E-state index in [-0.39, 0.29) is 5.91 Å². The van der Waals surface area contributed by atoms with Crippen molar-refractivity contribution in [3.8, 4) is 0 Å². The summed E-state index contributed by atoms with van der Waals surface area (Å²) in [5.74, 6) is 0.770. The number of hydrogen-bond donors (Lipinski definition) is 0. The van der Waals surface area contributed by atoms with Crippen LogP contribution >= 0.6 is 11.6 Å². The van der Waals surface area contributed by atoms with E-state index in [9.17, 15) is 4.79 Å². The summed E-state index contributed by atoms with van der Waals surface area (Å²) in [5, 5.41) is 2.35. The van der Waals surface area contributed by atoms with Crippen LogP contribution in [0.3, 0.4) is 0 Å². The number of nitrogens with zero attached hydrogens (tertiary/aromatic N) is 1. The molecule has 0 saturated heterocycles. The number of likely N-dealkylation sites (N-methyl/N-ethyl adjacent to an activating group) is 1. The van der Waals surface area contributed by atoms with Gasteiger partial charge in [-0.15, -0.1) is 11.6 Å². The highest BCUT2D eigenvalue weighted by atomic mass is 35.5. The molecule has 0 atom stereocenters. The molecule has 2 nitrogen and oxygen atoms in total. The summed E-state index contributed by atoms with van der Waals surface area (Å²) in [6, 6.07) is 14.3. The average Bonchev–Trinajstić information content (AvgIpc) is 2.48. The molecule has 2 aromatic carbocycles. The van der Waals surface area contributed by atoms with Gasteiger partial charge in [0.1, 0.15) is 0 Å². The van der Waals surface area contributed by atoms with Gasteiger partial charge < -0.3 is 4.90 Å². The third kappa shape index (κ3) is 3.51. The number of rotatable bonds is 6. The van der Waals surface area contributed by atoms with Crippen LogP contribution < -0.4 is 0 Å². The van der Waals surface area contributed by atoms with Crippen molar-refractivity contribution in [1.29, 1.82) is 0 Å². The highest BCUT2D eigenvalue weighted by Crippen LogP contribution is 2.19. The van der Waals surface area contributed by atoms with Crippen LogP contribution in [0.5, 0.6) is 0 Å². The largest absolute Gasteiger partial charge is 0.343 e. The van der Waals surface area contributed by atoms with Crippen molar-refractivity contribution in [3.05, 3.63) is 48.0 Å². The number of alkyl halides is 1. The van der Waals surface area contributed by atoms with Crippen molar-refractivity contribution in [1.82, 2.24) is 4.90 Å². The first-order valence-corrected chi connectivity index (χ1v) is 7.60. The van der Waals surface area contributed by atoms with Gasteiger partial charge in [0.2, 0.25) is 5.91 Å². The smallest absolute Gasteiger partial charge is 0.227 e. The lowest BCUT2D eigenvalue weighted by Crippen LogP contribution is -2.33. The fourth-order valence-corrected chi connectivity index (χ4v) is 2.55. The predicted octanol–water partition coefficient (Wildman–Crippen LogP) is 3.86. The second kappa shape index (κ2) is 7.30. The Labute approximate surface area is 125 Å². The molecule has 106 valence electrons. The van der Waals surface area contributed by atoms with Gasteiger partial charge in [-0.05, 0) is 29.7 Å². The number of amides is 1. The number of halogens is 1. The Morgan fingerprint density at radius 3 is 2.65 bits per heavy atom. The van der Waals surface area contributed by atoms with E-state index < -0.39 is 0 Å². The third-order valence-corrected chi connectivity index (χ3v) is 3.78. The molecule has 20 heavy (non-hydrogen) atoms. The molecule has 0 fully saturated rings. The maximum Gasteiger partial charge on any atom is 0.227 e. The SMILES string of the molecule is CCN(CCCCl)C(=O)Cc1cccc2ccccc12. The molecule has 2 rings (SSSR count). The van der Waals surface area contributed by atoms with E-state index in [0.717, 1.165) is 30.5 Å². The normalized spacial score (nSPS) is 10.7. The molecule has 0 saturated carbocycles. The number of hydrogen-bond acceptors (Lipinski definition) is 1.